The minimum absolute atomic E-state index is 0.412. The Hall–Kier alpha value is -1.54. The van der Waals surface area contributed by atoms with E-state index in [1.54, 1.807) is 56.4 Å². The molecule has 0 atom stereocenters. The van der Waals surface area contributed by atoms with Crippen LogP contribution in [0.5, 0.6) is 0 Å². The first-order valence-electron chi connectivity index (χ1n) is 7.96. The van der Waals surface area contributed by atoms with E-state index in [4.69, 9.17) is 4.74 Å². The molecule has 3 rings (SSSR count). The monoisotopic (exact) mass is 375 g/mol. The molecule has 2 heterocycles. The summed E-state index contributed by atoms with van der Waals surface area (Å²) in [7, 11) is 1.71. The zero-order valence-electron chi connectivity index (χ0n) is 14.7. The highest BCUT2D eigenvalue weighted by atomic mass is 32.2. The van der Waals surface area contributed by atoms with Gasteiger partial charge in [-0.2, -0.15) is 0 Å². The van der Waals surface area contributed by atoms with Crippen molar-refractivity contribution in [2.24, 2.45) is 0 Å². The lowest BCUT2D eigenvalue weighted by Crippen LogP contribution is -2.19. The van der Waals surface area contributed by atoms with Crippen LogP contribution in [0.3, 0.4) is 0 Å². The van der Waals surface area contributed by atoms with E-state index in [0.29, 0.717) is 12.4 Å². The van der Waals surface area contributed by atoms with Crippen LogP contribution in [0.4, 0.5) is 0 Å². The highest BCUT2D eigenvalue weighted by Gasteiger charge is 2.20. The minimum Gasteiger partial charge on any atom is -0.384 e. The molecule has 0 unspecified atom stereocenters. The van der Waals surface area contributed by atoms with Crippen molar-refractivity contribution in [3.63, 3.8) is 0 Å². The predicted octanol–water partition coefficient (Wildman–Crippen LogP) is 4.03. The molecule has 0 aliphatic carbocycles. The third kappa shape index (κ3) is 4.17. The molecule has 2 aromatic heterocycles. The standard InChI is InChI=1S/C18H21N3O2S2/c1-11-21-14-7-13(12-9-19-17(20-10-12)18(2,3)22)15(8-16(14)25-11)24-6-5-23-4/h7-10,22H,5-6H2,1-4H3. The van der Waals surface area contributed by atoms with Crippen molar-refractivity contribution >= 4 is 33.3 Å². The number of rotatable bonds is 6. The second kappa shape index (κ2) is 7.37. The lowest BCUT2D eigenvalue weighted by molar-refractivity contribution is 0.0687. The molecule has 0 aliphatic rings. The van der Waals surface area contributed by atoms with Crippen LogP contribution in [0.2, 0.25) is 0 Å². The average molecular weight is 376 g/mol. The number of aromatic nitrogens is 3. The minimum atomic E-state index is -1.05. The second-order valence-electron chi connectivity index (χ2n) is 6.24. The molecule has 7 heteroatoms. The van der Waals surface area contributed by atoms with Crippen molar-refractivity contribution in [2.45, 2.75) is 31.3 Å². The molecule has 0 amide bonds. The van der Waals surface area contributed by atoms with E-state index in [-0.39, 0.29) is 0 Å². The van der Waals surface area contributed by atoms with Gasteiger partial charge in [-0.1, -0.05) is 0 Å². The van der Waals surface area contributed by atoms with Gasteiger partial charge in [0.1, 0.15) is 5.60 Å². The summed E-state index contributed by atoms with van der Waals surface area (Å²) in [5.41, 5.74) is 1.91. The largest absolute Gasteiger partial charge is 0.384 e. The summed E-state index contributed by atoms with van der Waals surface area (Å²) in [6, 6.07) is 4.27. The molecule has 0 saturated carbocycles. The first kappa shape index (κ1) is 18.3. The van der Waals surface area contributed by atoms with Crippen molar-refractivity contribution in [3.05, 3.63) is 35.4 Å². The number of benzene rings is 1. The molecule has 1 aromatic carbocycles. The Balaban J connectivity index is 2.04. The van der Waals surface area contributed by atoms with E-state index >= 15 is 0 Å². The Morgan fingerprint density at radius 1 is 1.24 bits per heavy atom. The maximum atomic E-state index is 10.0. The van der Waals surface area contributed by atoms with Crippen LogP contribution in [0.25, 0.3) is 21.3 Å². The van der Waals surface area contributed by atoms with Crippen LogP contribution in [0.1, 0.15) is 24.7 Å². The van der Waals surface area contributed by atoms with Crippen molar-refractivity contribution in [3.8, 4) is 11.1 Å². The van der Waals surface area contributed by atoms with Gasteiger partial charge in [0.15, 0.2) is 5.82 Å². The van der Waals surface area contributed by atoms with Crippen molar-refractivity contribution in [1.82, 2.24) is 15.0 Å². The quantitative estimate of drug-likeness (QED) is 0.518. The number of hydrogen-bond donors (Lipinski definition) is 1. The summed E-state index contributed by atoms with van der Waals surface area (Å²) < 4.78 is 6.35. The van der Waals surface area contributed by atoms with E-state index in [1.807, 2.05) is 6.92 Å². The number of fused-ring (bicyclic) bond motifs is 1. The maximum Gasteiger partial charge on any atom is 0.159 e. The fourth-order valence-corrected chi connectivity index (χ4v) is 4.36. The molecule has 0 spiro atoms. The predicted molar refractivity (Wildman–Crippen MR) is 103 cm³/mol. The number of nitrogens with zero attached hydrogens (tertiary/aromatic N) is 3. The van der Waals surface area contributed by atoms with Gasteiger partial charge in [-0.3, -0.25) is 0 Å². The molecule has 1 N–H and O–H groups in total. The Kier molecular flexibility index (Phi) is 5.38. The van der Waals surface area contributed by atoms with Crippen LogP contribution < -0.4 is 0 Å². The van der Waals surface area contributed by atoms with Crippen molar-refractivity contribution in [1.29, 1.82) is 0 Å². The zero-order valence-corrected chi connectivity index (χ0v) is 16.4. The molecule has 0 bridgehead atoms. The fraction of sp³-hybridized carbons (Fsp3) is 0.389. The molecule has 5 nitrogen and oxygen atoms in total. The van der Waals surface area contributed by atoms with Gasteiger partial charge in [0.2, 0.25) is 0 Å². The van der Waals surface area contributed by atoms with E-state index in [2.05, 4.69) is 27.1 Å². The van der Waals surface area contributed by atoms with Crippen LogP contribution >= 0.6 is 23.1 Å². The number of hydrogen-bond acceptors (Lipinski definition) is 7. The molecule has 0 radical (unpaired) electrons. The summed E-state index contributed by atoms with van der Waals surface area (Å²) in [6.07, 6.45) is 3.53. The van der Waals surface area contributed by atoms with Crippen molar-refractivity contribution in [2.75, 3.05) is 19.5 Å². The van der Waals surface area contributed by atoms with Gasteiger partial charge < -0.3 is 9.84 Å². The summed E-state index contributed by atoms with van der Waals surface area (Å²) in [5.74, 6) is 1.28. The van der Waals surface area contributed by atoms with Gasteiger partial charge in [-0.05, 0) is 32.9 Å². The SMILES string of the molecule is COCCSc1cc2sc(C)nc2cc1-c1cnc(C(C)(C)O)nc1. The zero-order chi connectivity index (χ0) is 18.0. The fourth-order valence-electron chi connectivity index (χ4n) is 2.43. The van der Waals surface area contributed by atoms with Gasteiger partial charge >= 0.3 is 0 Å². The lowest BCUT2D eigenvalue weighted by atomic mass is 10.1. The van der Waals surface area contributed by atoms with Gasteiger partial charge in [0.05, 0.1) is 21.8 Å². The summed E-state index contributed by atoms with van der Waals surface area (Å²) >= 11 is 3.44. The second-order valence-corrected chi connectivity index (χ2v) is 8.62. The third-order valence-electron chi connectivity index (χ3n) is 3.65. The Morgan fingerprint density at radius 2 is 1.96 bits per heavy atom. The van der Waals surface area contributed by atoms with Gasteiger partial charge in [0, 0.05) is 41.3 Å². The normalized spacial score (nSPS) is 12.0. The number of aryl methyl sites for hydroxylation is 1. The Morgan fingerprint density at radius 3 is 2.60 bits per heavy atom. The van der Waals surface area contributed by atoms with E-state index in [0.717, 1.165) is 32.3 Å². The number of ether oxygens (including phenoxy) is 1. The number of thiazole rings is 1. The molecule has 25 heavy (non-hydrogen) atoms. The number of aliphatic hydroxyl groups is 1. The maximum absolute atomic E-state index is 10.0. The van der Waals surface area contributed by atoms with Gasteiger partial charge in [-0.15, -0.1) is 23.1 Å². The Labute approximate surface area is 155 Å². The van der Waals surface area contributed by atoms with Crippen LogP contribution in [0.15, 0.2) is 29.4 Å². The summed E-state index contributed by atoms with van der Waals surface area (Å²) in [5, 5.41) is 11.1. The average Bonchev–Trinajstić information content (AvgIpc) is 2.92. The highest BCUT2D eigenvalue weighted by Crippen LogP contribution is 2.36. The van der Waals surface area contributed by atoms with Crippen LogP contribution in [0, 0.1) is 6.92 Å². The molecule has 0 aliphatic heterocycles. The molecular formula is C18H21N3O2S2. The molecular weight excluding hydrogens is 354 g/mol. The molecule has 3 aromatic rings. The number of methoxy groups -OCH3 is 1. The molecule has 0 fully saturated rings. The summed E-state index contributed by atoms with van der Waals surface area (Å²) in [6.45, 7) is 6.07. The summed E-state index contributed by atoms with van der Waals surface area (Å²) in [4.78, 5) is 14.4. The van der Waals surface area contributed by atoms with E-state index in [1.165, 1.54) is 4.70 Å². The first-order valence-corrected chi connectivity index (χ1v) is 9.77. The number of thioether (sulfide) groups is 1. The smallest absolute Gasteiger partial charge is 0.159 e. The van der Waals surface area contributed by atoms with Gasteiger partial charge in [0.25, 0.3) is 0 Å². The van der Waals surface area contributed by atoms with E-state index in [9.17, 15) is 5.11 Å². The third-order valence-corrected chi connectivity index (χ3v) is 5.60. The Bertz CT molecular complexity index is 870. The molecule has 132 valence electrons. The van der Waals surface area contributed by atoms with Crippen LogP contribution in [-0.2, 0) is 10.3 Å². The van der Waals surface area contributed by atoms with E-state index < -0.39 is 5.60 Å². The highest BCUT2D eigenvalue weighted by molar-refractivity contribution is 7.99. The van der Waals surface area contributed by atoms with Crippen molar-refractivity contribution < 1.29 is 9.84 Å². The molecule has 0 saturated heterocycles. The van der Waals surface area contributed by atoms with Crippen LogP contribution in [-0.4, -0.2) is 39.5 Å². The topological polar surface area (TPSA) is 68.1 Å². The lowest BCUT2D eigenvalue weighted by Gasteiger charge is -2.15. The van der Waals surface area contributed by atoms with Gasteiger partial charge in [-0.25, -0.2) is 15.0 Å². The first-order chi connectivity index (χ1) is 11.9.